The van der Waals surface area contributed by atoms with Crippen LogP contribution in [0.2, 0.25) is 0 Å². The number of nitrogens with zero attached hydrogens (tertiary/aromatic N) is 1. The first-order valence-corrected chi connectivity index (χ1v) is 6.24. The van der Waals surface area contributed by atoms with Crippen LogP contribution in [-0.2, 0) is 4.79 Å². The summed E-state index contributed by atoms with van der Waals surface area (Å²) >= 11 is 0. The summed E-state index contributed by atoms with van der Waals surface area (Å²) in [5, 5.41) is 0. The van der Waals surface area contributed by atoms with Gasteiger partial charge in [0.25, 0.3) is 0 Å². The summed E-state index contributed by atoms with van der Waals surface area (Å²) in [5.74, 6) is 0.622. The third kappa shape index (κ3) is 3.30. The normalized spacial score (nSPS) is 12.5. The van der Waals surface area contributed by atoms with Crippen molar-refractivity contribution in [3.8, 4) is 0 Å². The van der Waals surface area contributed by atoms with Gasteiger partial charge in [-0.2, -0.15) is 0 Å². The van der Waals surface area contributed by atoms with Crippen molar-refractivity contribution in [2.24, 2.45) is 5.92 Å². The van der Waals surface area contributed by atoms with Crippen molar-refractivity contribution in [2.45, 2.75) is 59.9 Å². The van der Waals surface area contributed by atoms with E-state index in [0.29, 0.717) is 5.78 Å². The average Bonchev–Trinajstić information content (AvgIpc) is 2.20. The van der Waals surface area contributed by atoms with Crippen LogP contribution >= 0.6 is 0 Å². The zero-order valence-electron chi connectivity index (χ0n) is 11.3. The summed E-state index contributed by atoms with van der Waals surface area (Å²) in [7, 11) is 0. The Hall–Kier alpha value is -0.370. The highest BCUT2D eigenvalue weighted by Crippen LogP contribution is 2.23. The molecule has 90 valence electrons. The first-order valence-electron chi connectivity index (χ1n) is 6.24. The minimum Gasteiger partial charge on any atom is -0.297 e. The summed E-state index contributed by atoms with van der Waals surface area (Å²) in [6.07, 6.45) is 1.92. The van der Waals surface area contributed by atoms with Gasteiger partial charge in [-0.1, -0.05) is 27.7 Å². The fourth-order valence-corrected chi connectivity index (χ4v) is 2.33. The molecule has 0 N–H and O–H groups in total. The summed E-state index contributed by atoms with van der Waals surface area (Å²) in [5.41, 5.74) is -0.305. The highest BCUT2D eigenvalue weighted by Gasteiger charge is 2.35. The van der Waals surface area contributed by atoms with Crippen molar-refractivity contribution in [3.63, 3.8) is 0 Å². The van der Waals surface area contributed by atoms with Crippen LogP contribution in [0.3, 0.4) is 0 Å². The van der Waals surface area contributed by atoms with Crippen LogP contribution < -0.4 is 0 Å². The van der Waals surface area contributed by atoms with Crippen LogP contribution in [0.15, 0.2) is 0 Å². The quantitative estimate of drug-likeness (QED) is 0.647. The number of hydrogen-bond acceptors (Lipinski definition) is 2. The molecule has 0 rings (SSSR count). The molecule has 0 aromatic heterocycles. The molecule has 0 bridgehead atoms. The number of Topliss-reactive ketones (excluding diaryl/α,β-unsaturated/α-hetero) is 1. The van der Waals surface area contributed by atoms with Crippen LogP contribution in [0, 0.1) is 5.92 Å². The van der Waals surface area contributed by atoms with Crippen molar-refractivity contribution in [2.75, 3.05) is 13.1 Å². The lowest BCUT2D eigenvalue weighted by molar-refractivity contribution is -0.133. The fraction of sp³-hybridized carbons (Fsp3) is 0.923. The first-order chi connectivity index (χ1) is 6.95. The van der Waals surface area contributed by atoms with E-state index in [1.807, 2.05) is 0 Å². The second-order valence-corrected chi connectivity index (χ2v) is 4.61. The van der Waals surface area contributed by atoms with E-state index >= 15 is 0 Å². The Kier molecular flexibility index (Phi) is 6.11. The fourth-order valence-electron chi connectivity index (χ4n) is 2.33. The minimum atomic E-state index is -0.305. The number of rotatable bonds is 7. The standard InChI is InChI=1S/C13H27NO/c1-7-11(8-2)12(15)13(5,6)14(9-3)10-4/h11H,7-10H2,1-6H3. The molecule has 0 aromatic carbocycles. The van der Waals surface area contributed by atoms with Gasteiger partial charge in [0.2, 0.25) is 0 Å². The Morgan fingerprint density at radius 1 is 1.07 bits per heavy atom. The van der Waals surface area contributed by atoms with Crippen LogP contribution in [0.25, 0.3) is 0 Å². The molecule has 0 amide bonds. The molecule has 0 heterocycles. The second-order valence-electron chi connectivity index (χ2n) is 4.61. The van der Waals surface area contributed by atoms with Gasteiger partial charge in [0, 0.05) is 5.92 Å². The number of likely N-dealkylation sites (N-methyl/N-ethyl adjacent to an activating group) is 1. The van der Waals surface area contributed by atoms with Crippen molar-refractivity contribution >= 4 is 5.78 Å². The van der Waals surface area contributed by atoms with Crippen LogP contribution in [-0.4, -0.2) is 29.3 Å². The topological polar surface area (TPSA) is 20.3 Å². The van der Waals surface area contributed by atoms with E-state index in [2.05, 4.69) is 46.4 Å². The third-order valence-electron chi connectivity index (χ3n) is 3.51. The smallest absolute Gasteiger partial charge is 0.155 e. The molecule has 0 aromatic rings. The molecule has 0 unspecified atom stereocenters. The van der Waals surface area contributed by atoms with Gasteiger partial charge >= 0.3 is 0 Å². The van der Waals surface area contributed by atoms with Crippen molar-refractivity contribution in [1.29, 1.82) is 0 Å². The molecule has 0 fully saturated rings. The zero-order valence-corrected chi connectivity index (χ0v) is 11.3. The Morgan fingerprint density at radius 2 is 1.47 bits per heavy atom. The SMILES string of the molecule is CCC(CC)C(=O)C(C)(C)N(CC)CC. The minimum absolute atomic E-state index is 0.223. The summed E-state index contributed by atoms with van der Waals surface area (Å²) in [6, 6.07) is 0. The molecular formula is C13H27NO. The summed E-state index contributed by atoms with van der Waals surface area (Å²) in [4.78, 5) is 14.6. The lowest BCUT2D eigenvalue weighted by Crippen LogP contribution is -2.52. The number of hydrogen-bond donors (Lipinski definition) is 0. The molecule has 0 aliphatic heterocycles. The van der Waals surface area contributed by atoms with E-state index in [9.17, 15) is 4.79 Å². The molecule has 2 heteroatoms. The van der Waals surface area contributed by atoms with Crippen molar-refractivity contribution in [3.05, 3.63) is 0 Å². The third-order valence-corrected chi connectivity index (χ3v) is 3.51. The number of ketones is 1. The molecule has 0 spiro atoms. The van der Waals surface area contributed by atoms with Gasteiger partial charge in [-0.25, -0.2) is 0 Å². The summed E-state index contributed by atoms with van der Waals surface area (Å²) in [6.45, 7) is 14.4. The molecule has 0 radical (unpaired) electrons. The van der Waals surface area contributed by atoms with Crippen molar-refractivity contribution < 1.29 is 4.79 Å². The van der Waals surface area contributed by atoms with Gasteiger partial charge < -0.3 is 0 Å². The van der Waals surface area contributed by atoms with E-state index in [1.165, 1.54) is 0 Å². The van der Waals surface area contributed by atoms with Crippen molar-refractivity contribution in [1.82, 2.24) is 4.90 Å². The van der Waals surface area contributed by atoms with E-state index < -0.39 is 0 Å². The highest BCUT2D eigenvalue weighted by molar-refractivity contribution is 5.89. The Morgan fingerprint density at radius 3 is 1.73 bits per heavy atom. The maximum atomic E-state index is 12.3. The van der Waals surface area contributed by atoms with Gasteiger partial charge in [0.05, 0.1) is 5.54 Å². The Labute approximate surface area is 95.0 Å². The van der Waals surface area contributed by atoms with Crippen LogP contribution in [0.5, 0.6) is 0 Å². The predicted octanol–water partition coefficient (Wildman–Crippen LogP) is 3.11. The molecule has 0 saturated carbocycles. The lowest BCUT2D eigenvalue weighted by Gasteiger charge is -2.38. The van der Waals surface area contributed by atoms with E-state index in [-0.39, 0.29) is 11.5 Å². The predicted molar refractivity (Wildman–Crippen MR) is 66.1 cm³/mol. The Bertz CT molecular complexity index is 191. The van der Waals surface area contributed by atoms with E-state index in [4.69, 9.17) is 0 Å². The average molecular weight is 213 g/mol. The van der Waals surface area contributed by atoms with E-state index in [0.717, 1.165) is 25.9 Å². The largest absolute Gasteiger partial charge is 0.297 e. The summed E-state index contributed by atoms with van der Waals surface area (Å²) < 4.78 is 0. The van der Waals surface area contributed by atoms with Crippen LogP contribution in [0.1, 0.15) is 54.4 Å². The van der Waals surface area contributed by atoms with Crippen LogP contribution in [0.4, 0.5) is 0 Å². The monoisotopic (exact) mass is 213 g/mol. The van der Waals surface area contributed by atoms with Gasteiger partial charge in [-0.3, -0.25) is 9.69 Å². The molecule has 0 aliphatic carbocycles. The van der Waals surface area contributed by atoms with Gasteiger partial charge in [-0.15, -0.1) is 0 Å². The van der Waals surface area contributed by atoms with Gasteiger partial charge in [0.15, 0.2) is 5.78 Å². The first kappa shape index (κ1) is 14.6. The number of carbonyl (C=O) groups excluding carboxylic acids is 1. The maximum absolute atomic E-state index is 12.3. The highest BCUT2D eigenvalue weighted by atomic mass is 16.1. The molecule has 2 nitrogen and oxygen atoms in total. The molecule has 0 aliphatic rings. The Balaban J connectivity index is 4.76. The lowest BCUT2D eigenvalue weighted by atomic mass is 9.84. The molecule has 0 saturated heterocycles. The van der Waals surface area contributed by atoms with Gasteiger partial charge in [0.1, 0.15) is 0 Å². The zero-order chi connectivity index (χ0) is 12.1. The number of carbonyl (C=O) groups is 1. The second kappa shape index (κ2) is 6.26. The maximum Gasteiger partial charge on any atom is 0.155 e. The molecule has 0 atom stereocenters. The van der Waals surface area contributed by atoms with E-state index in [1.54, 1.807) is 0 Å². The molecular weight excluding hydrogens is 186 g/mol. The van der Waals surface area contributed by atoms with Gasteiger partial charge in [-0.05, 0) is 39.8 Å². The molecule has 15 heavy (non-hydrogen) atoms.